The minimum atomic E-state index is -1.38. The first-order valence-electron chi connectivity index (χ1n) is 14.9. The second kappa shape index (κ2) is 9.89. The van der Waals surface area contributed by atoms with E-state index < -0.39 is 58.6 Å². The molecule has 3 aromatic carbocycles. The lowest BCUT2D eigenvalue weighted by Gasteiger charge is -2.50. The number of nitrogens with one attached hydrogen (secondary N) is 1. The summed E-state index contributed by atoms with van der Waals surface area (Å²) in [5.74, 6) is -5.70. The molecule has 1 saturated carbocycles. The van der Waals surface area contributed by atoms with E-state index in [4.69, 9.17) is 0 Å². The van der Waals surface area contributed by atoms with Crippen molar-refractivity contribution in [3.05, 3.63) is 106 Å². The lowest BCUT2D eigenvalue weighted by molar-refractivity contribution is -0.173. The molecule has 9 nitrogen and oxygen atoms in total. The fourth-order valence-corrected chi connectivity index (χ4v) is 8.26. The Morgan fingerprint density at radius 2 is 1.50 bits per heavy atom. The largest absolute Gasteiger partial charge is 0.507 e. The summed E-state index contributed by atoms with van der Waals surface area (Å²) in [6, 6.07) is 20.4. The van der Waals surface area contributed by atoms with Crippen LogP contribution in [0, 0.1) is 44.4 Å². The number of carbonyl (C=O) groups excluding carboxylic acids is 4. The van der Waals surface area contributed by atoms with E-state index in [1.54, 1.807) is 13.8 Å². The molecule has 44 heavy (non-hydrogen) atoms. The highest BCUT2D eigenvalue weighted by atomic mass is 16.5. The van der Waals surface area contributed by atoms with E-state index in [0.29, 0.717) is 22.4 Å². The maximum Gasteiger partial charge on any atom is 0.260 e. The quantitative estimate of drug-likeness (QED) is 0.228. The summed E-state index contributed by atoms with van der Waals surface area (Å²) in [6.45, 7) is 5.53. The van der Waals surface area contributed by atoms with Crippen molar-refractivity contribution in [2.75, 3.05) is 5.43 Å². The lowest BCUT2D eigenvalue weighted by atomic mass is 9.49. The van der Waals surface area contributed by atoms with E-state index >= 15 is 4.79 Å². The number of phenolic OH excluding ortho intramolecular Hbond substituents is 1. The van der Waals surface area contributed by atoms with E-state index in [0.717, 1.165) is 21.7 Å². The molecule has 0 radical (unpaired) electrons. The smallest absolute Gasteiger partial charge is 0.260 e. The van der Waals surface area contributed by atoms with Crippen molar-refractivity contribution in [1.82, 2.24) is 10.1 Å². The number of fused-ring (bicyclic) bond motifs is 4. The molecule has 0 unspecified atom stereocenters. The molecule has 7 rings (SSSR count). The van der Waals surface area contributed by atoms with Crippen molar-refractivity contribution < 1.29 is 29.5 Å². The third-order valence-electron chi connectivity index (χ3n) is 10.2. The van der Waals surface area contributed by atoms with Crippen LogP contribution in [0.1, 0.15) is 46.6 Å². The lowest BCUT2D eigenvalue weighted by Crippen LogP contribution is -2.53. The molecule has 3 N–H and O–H groups in total. The molecule has 6 atom stereocenters. The number of carbonyl (C=O) groups is 4. The molecule has 0 aromatic heterocycles. The number of allylic oxidation sites excluding steroid dienone is 2. The van der Waals surface area contributed by atoms with Gasteiger partial charge in [0, 0.05) is 5.92 Å². The third-order valence-corrected chi connectivity index (χ3v) is 10.2. The van der Waals surface area contributed by atoms with Gasteiger partial charge in [0.05, 0.1) is 28.9 Å². The van der Waals surface area contributed by atoms with Gasteiger partial charge < -0.3 is 5.11 Å². The van der Waals surface area contributed by atoms with E-state index in [1.165, 1.54) is 0 Å². The van der Waals surface area contributed by atoms with Gasteiger partial charge in [-0.1, -0.05) is 71.8 Å². The second-order valence-electron chi connectivity index (χ2n) is 12.6. The molecule has 9 heteroatoms. The highest BCUT2D eigenvalue weighted by Gasteiger charge is 2.70. The van der Waals surface area contributed by atoms with Crippen LogP contribution in [0.3, 0.4) is 0 Å². The zero-order chi connectivity index (χ0) is 31.1. The molecule has 2 aliphatic carbocycles. The molecule has 3 aromatic rings. The van der Waals surface area contributed by atoms with Gasteiger partial charge in [0.15, 0.2) is 0 Å². The number of anilines is 1. The number of hydrogen-bond donors (Lipinski definition) is 3. The summed E-state index contributed by atoms with van der Waals surface area (Å²) >= 11 is 0. The standard InChI is InChI=1S/C35H33N3O6/c1-18-9-11-23(12-10-18)36-37-32(41)27-17-26-24(13-14-25-28(26)33(42)38(44)31(25)40)29(21-15-19(2)30(39)20(3)16-21)35(27,34(37)43)22-7-5-4-6-8-22/h4-13,15-16,25-29,36,39,44H,14,17H2,1-3H3/t25-,26+,27-,28-,29-,35+/m0/s1. The number of benzene rings is 3. The van der Waals surface area contributed by atoms with Gasteiger partial charge in [-0.3, -0.25) is 29.8 Å². The summed E-state index contributed by atoms with van der Waals surface area (Å²) in [4.78, 5) is 55.8. The average Bonchev–Trinajstić information content (AvgIpc) is 3.37. The van der Waals surface area contributed by atoms with Gasteiger partial charge in [-0.15, -0.1) is 0 Å². The van der Waals surface area contributed by atoms with Crippen LogP contribution in [0.25, 0.3) is 0 Å². The summed E-state index contributed by atoms with van der Waals surface area (Å²) in [6.07, 6.45) is 2.32. The number of nitrogens with zero attached hydrogens (tertiary/aromatic N) is 2. The van der Waals surface area contributed by atoms with Gasteiger partial charge in [-0.05, 0) is 73.9 Å². The average molecular weight is 592 g/mol. The number of aromatic hydroxyl groups is 1. The van der Waals surface area contributed by atoms with Gasteiger partial charge in [-0.25, -0.2) is 0 Å². The molecular weight excluding hydrogens is 558 g/mol. The van der Waals surface area contributed by atoms with Crippen LogP contribution in [0.4, 0.5) is 5.69 Å². The van der Waals surface area contributed by atoms with Crippen molar-refractivity contribution in [2.24, 2.45) is 23.7 Å². The van der Waals surface area contributed by atoms with Gasteiger partial charge in [-0.2, -0.15) is 10.1 Å². The molecule has 224 valence electrons. The van der Waals surface area contributed by atoms with Crippen LogP contribution in [0.15, 0.2) is 78.4 Å². The first-order chi connectivity index (χ1) is 21.0. The van der Waals surface area contributed by atoms with Crippen molar-refractivity contribution >= 4 is 29.3 Å². The number of imide groups is 2. The van der Waals surface area contributed by atoms with Crippen molar-refractivity contribution in [3.63, 3.8) is 0 Å². The van der Waals surface area contributed by atoms with Crippen molar-refractivity contribution in [2.45, 2.75) is 44.9 Å². The Morgan fingerprint density at radius 3 is 2.16 bits per heavy atom. The first kappa shape index (κ1) is 28.0. The predicted molar refractivity (Wildman–Crippen MR) is 160 cm³/mol. The minimum Gasteiger partial charge on any atom is -0.507 e. The van der Waals surface area contributed by atoms with E-state index in [9.17, 15) is 24.7 Å². The topological polar surface area (TPSA) is 127 Å². The van der Waals surface area contributed by atoms with Crippen LogP contribution in [0.5, 0.6) is 5.75 Å². The van der Waals surface area contributed by atoms with Crippen LogP contribution in [-0.2, 0) is 24.6 Å². The summed E-state index contributed by atoms with van der Waals surface area (Å²) < 4.78 is 0. The van der Waals surface area contributed by atoms with E-state index in [-0.39, 0.29) is 23.7 Å². The molecule has 4 aliphatic rings. The van der Waals surface area contributed by atoms with Crippen LogP contribution in [-0.4, -0.2) is 44.0 Å². The fourth-order valence-electron chi connectivity index (χ4n) is 8.26. The Morgan fingerprint density at radius 1 is 0.841 bits per heavy atom. The Bertz CT molecular complexity index is 1740. The van der Waals surface area contributed by atoms with Crippen LogP contribution < -0.4 is 5.43 Å². The Balaban J connectivity index is 1.48. The summed E-state index contributed by atoms with van der Waals surface area (Å²) in [5.41, 5.74) is 6.75. The number of phenols is 1. The number of hydrogen-bond acceptors (Lipinski definition) is 7. The third kappa shape index (κ3) is 3.75. The Kier molecular flexibility index (Phi) is 6.30. The van der Waals surface area contributed by atoms with Crippen LogP contribution >= 0.6 is 0 Å². The van der Waals surface area contributed by atoms with Gasteiger partial charge >= 0.3 is 0 Å². The minimum absolute atomic E-state index is 0.146. The molecule has 2 heterocycles. The van der Waals surface area contributed by atoms with Crippen molar-refractivity contribution in [3.8, 4) is 5.75 Å². The summed E-state index contributed by atoms with van der Waals surface area (Å²) in [5, 5.41) is 22.4. The Labute approximate surface area is 254 Å². The first-order valence-corrected chi connectivity index (χ1v) is 14.9. The molecule has 3 fully saturated rings. The molecular formula is C35H33N3O6. The summed E-state index contributed by atoms with van der Waals surface area (Å²) in [7, 11) is 0. The number of hydrazine groups is 1. The molecule has 0 bridgehead atoms. The molecule has 0 spiro atoms. The number of aryl methyl sites for hydroxylation is 3. The zero-order valence-electron chi connectivity index (χ0n) is 24.7. The van der Waals surface area contributed by atoms with E-state index in [2.05, 4.69) is 5.43 Å². The zero-order valence-corrected chi connectivity index (χ0v) is 24.7. The Hall–Kier alpha value is -4.76. The molecule has 4 amide bonds. The predicted octanol–water partition coefficient (Wildman–Crippen LogP) is 4.69. The fraction of sp³-hybridized carbons (Fsp3) is 0.314. The van der Waals surface area contributed by atoms with Gasteiger partial charge in [0.1, 0.15) is 5.75 Å². The monoisotopic (exact) mass is 591 g/mol. The van der Waals surface area contributed by atoms with E-state index in [1.807, 2.05) is 79.7 Å². The molecule has 2 aliphatic heterocycles. The maximum atomic E-state index is 15.0. The normalized spacial score (nSPS) is 29.4. The number of rotatable bonds is 4. The highest BCUT2D eigenvalue weighted by Crippen LogP contribution is 2.64. The van der Waals surface area contributed by atoms with Crippen LogP contribution in [0.2, 0.25) is 0 Å². The van der Waals surface area contributed by atoms with Crippen molar-refractivity contribution in [1.29, 1.82) is 0 Å². The molecule has 2 saturated heterocycles. The number of hydroxylamine groups is 2. The van der Waals surface area contributed by atoms with Gasteiger partial charge in [0.25, 0.3) is 23.6 Å². The highest BCUT2D eigenvalue weighted by molar-refractivity contribution is 6.13. The number of amides is 4. The second-order valence-corrected chi connectivity index (χ2v) is 12.6. The SMILES string of the molecule is Cc1ccc(NN2C(=O)[C@@H]3C[C@@H]4C(=CC[C@@H]5C(=O)N(O)C(=O)[C@@H]54)[C@H](c4cc(C)c(O)c(C)c4)[C@]3(c3ccccc3)C2=O)cc1. The maximum absolute atomic E-state index is 15.0. The van der Waals surface area contributed by atoms with Gasteiger partial charge in [0.2, 0.25) is 0 Å².